The molecule has 0 aromatic heterocycles. The second-order valence-electron chi connectivity index (χ2n) is 5.41. The van der Waals surface area contributed by atoms with Crippen molar-refractivity contribution in [3.8, 4) is 0 Å². The van der Waals surface area contributed by atoms with E-state index in [1.165, 1.54) is 57.7 Å². The molecule has 0 aliphatic carbocycles. The van der Waals surface area contributed by atoms with Gasteiger partial charge in [0.25, 0.3) is 0 Å². The summed E-state index contributed by atoms with van der Waals surface area (Å²) in [5.74, 6) is 0. The molecule has 3 nitrogen and oxygen atoms in total. The van der Waals surface area contributed by atoms with Crippen LogP contribution in [0.5, 0.6) is 0 Å². The molecule has 1 saturated heterocycles. The molecular weight excluding hydrogens is 234 g/mol. The van der Waals surface area contributed by atoms with Crippen LogP contribution < -0.4 is 5.73 Å². The van der Waals surface area contributed by atoms with Gasteiger partial charge in [-0.1, -0.05) is 30.3 Å². The summed E-state index contributed by atoms with van der Waals surface area (Å²) < 4.78 is 0. The molecule has 0 spiro atoms. The third-order valence-corrected chi connectivity index (χ3v) is 3.95. The van der Waals surface area contributed by atoms with Gasteiger partial charge in [-0.3, -0.25) is 0 Å². The van der Waals surface area contributed by atoms with Crippen LogP contribution in [-0.2, 0) is 6.42 Å². The predicted octanol–water partition coefficient (Wildman–Crippen LogP) is 1.59. The topological polar surface area (TPSA) is 32.5 Å². The number of nitrogens with zero attached hydrogens (tertiary/aromatic N) is 2. The maximum atomic E-state index is 5.53. The molecule has 0 amide bonds. The van der Waals surface area contributed by atoms with Crippen LogP contribution in [0.2, 0.25) is 0 Å². The van der Waals surface area contributed by atoms with Crippen molar-refractivity contribution in [3.05, 3.63) is 35.9 Å². The Labute approximate surface area is 117 Å². The van der Waals surface area contributed by atoms with Crippen molar-refractivity contribution in [3.63, 3.8) is 0 Å². The molecule has 0 atom stereocenters. The highest BCUT2D eigenvalue weighted by Crippen LogP contribution is 2.06. The van der Waals surface area contributed by atoms with Crippen LogP contribution in [0.3, 0.4) is 0 Å². The molecule has 2 N–H and O–H groups in total. The first-order valence-corrected chi connectivity index (χ1v) is 7.57. The fourth-order valence-electron chi connectivity index (χ4n) is 2.65. The fraction of sp³-hybridized carbons (Fsp3) is 0.625. The minimum Gasteiger partial charge on any atom is -0.330 e. The van der Waals surface area contributed by atoms with Crippen molar-refractivity contribution in [2.75, 3.05) is 45.8 Å². The molecule has 0 unspecified atom stereocenters. The van der Waals surface area contributed by atoms with Gasteiger partial charge in [-0.05, 0) is 37.9 Å². The molecular formula is C16H27N3. The molecule has 1 aromatic carbocycles. The molecule has 1 fully saturated rings. The molecule has 1 aliphatic rings. The zero-order valence-corrected chi connectivity index (χ0v) is 11.9. The van der Waals surface area contributed by atoms with E-state index in [0.717, 1.165) is 13.0 Å². The SMILES string of the molecule is NCCCCN1CCN(CCc2ccccc2)CC1. The van der Waals surface area contributed by atoms with Gasteiger partial charge in [0.15, 0.2) is 0 Å². The van der Waals surface area contributed by atoms with E-state index in [1.54, 1.807) is 0 Å². The largest absolute Gasteiger partial charge is 0.330 e. The van der Waals surface area contributed by atoms with Crippen LogP contribution >= 0.6 is 0 Å². The number of unbranched alkanes of at least 4 members (excludes halogenated alkanes) is 1. The Bertz CT molecular complexity index is 331. The highest BCUT2D eigenvalue weighted by Gasteiger charge is 2.15. The summed E-state index contributed by atoms with van der Waals surface area (Å²) in [6.07, 6.45) is 3.59. The fourth-order valence-corrected chi connectivity index (χ4v) is 2.65. The lowest BCUT2D eigenvalue weighted by atomic mass is 10.1. The molecule has 1 aromatic rings. The summed E-state index contributed by atoms with van der Waals surface area (Å²) in [6.45, 7) is 8.13. The van der Waals surface area contributed by atoms with Crippen LogP contribution in [-0.4, -0.2) is 55.6 Å². The second-order valence-corrected chi connectivity index (χ2v) is 5.41. The Kier molecular flexibility index (Phi) is 6.34. The second kappa shape index (κ2) is 8.31. The normalized spacial score (nSPS) is 17.7. The third kappa shape index (κ3) is 5.31. The summed E-state index contributed by atoms with van der Waals surface area (Å²) in [5, 5.41) is 0. The van der Waals surface area contributed by atoms with E-state index < -0.39 is 0 Å². The molecule has 106 valence electrons. The minimum atomic E-state index is 0.830. The van der Waals surface area contributed by atoms with Crippen LogP contribution in [0, 0.1) is 0 Å². The third-order valence-electron chi connectivity index (χ3n) is 3.95. The standard InChI is InChI=1S/C16H27N3/c17-9-4-5-10-18-12-14-19(15-13-18)11-8-16-6-2-1-3-7-16/h1-3,6-7H,4-5,8-15,17H2. The molecule has 19 heavy (non-hydrogen) atoms. The van der Waals surface area contributed by atoms with Gasteiger partial charge in [0.2, 0.25) is 0 Å². The molecule has 0 saturated carbocycles. The Morgan fingerprint density at radius 2 is 1.47 bits per heavy atom. The summed E-state index contributed by atoms with van der Waals surface area (Å²) in [6, 6.07) is 10.8. The van der Waals surface area contributed by atoms with Gasteiger partial charge in [-0.2, -0.15) is 0 Å². The number of benzene rings is 1. The van der Waals surface area contributed by atoms with Crippen LogP contribution in [0.4, 0.5) is 0 Å². The van der Waals surface area contributed by atoms with E-state index >= 15 is 0 Å². The van der Waals surface area contributed by atoms with Gasteiger partial charge >= 0.3 is 0 Å². The Hall–Kier alpha value is -0.900. The van der Waals surface area contributed by atoms with Gasteiger partial charge in [-0.15, -0.1) is 0 Å². The number of hydrogen-bond donors (Lipinski definition) is 1. The lowest BCUT2D eigenvalue weighted by Gasteiger charge is -2.34. The van der Waals surface area contributed by atoms with Gasteiger partial charge in [0.1, 0.15) is 0 Å². The van der Waals surface area contributed by atoms with Crippen molar-refractivity contribution >= 4 is 0 Å². The first-order valence-electron chi connectivity index (χ1n) is 7.57. The van der Waals surface area contributed by atoms with Gasteiger partial charge in [-0.25, -0.2) is 0 Å². The van der Waals surface area contributed by atoms with E-state index in [-0.39, 0.29) is 0 Å². The molecule has 1 heterocycles. The number of nitrogens with two attached hydrogens (primary N) is 1. The monoisotopic (exact) mass is 261 g/mol. The van der Waals surface area contributed by atoms with Crippen LogP contribution in [0.1, 0.15) is 18.4 Å². The quantitative estimate of drug-likeness (QED) is 0.757. The summed E-state index contributed by atoms with van der Waals surface area (Å²) in [5.41, 5.74) is 6.99. The zero-order chi connectivity index (χ0) is 13.3. The van der Waals surface area contributed by atoms with Gasteiger partial charge in [0.05, 0.1) is 0 Å². The van der Waals surface area contributed by atoms with E-state index in [2.05, 4.69) is 40.1 Å². The highest BCUT2D eigenvalue weighted by atomic mass is 15.3. The van der Waals surface area contributed by atoms with Crippen LogP contribution in [0.25, 0.3) is 0 Å². The summed E-state index contributed by atoms with van der Waals surface area (Å²) in [4.78, 5) is 5.17. The first-order chi connectivity index (χ1) is 9.38. The molecule has 1 aliphatic heterocycles. The highest BCUT2D eigenvalue weighted by molar-refractivity contribution is 5.14. The average molecular weight is 261 g/mol. The Morgan fingerprint density at radius 3 is 2.11 bits per heavy atom. The van der Waals surface area contributed by atoms with Crippen molar-refractivity contribution in [2.24, 2.45) is 5.73 Å². The Morgan fingerprint density at radius 1 is 0.842 bits per heavy atom. The Balaban J connectivity index is 1.61. The molecule has 3 heteroatoms. The number of hydrogen-bond acceptors (Lipinski definition) is 3. The van der Waals surface area contributed by atoms with Crippen molar-refractivity contribution in [1.82, 2.24) is 9.80 Å². The number of rotatable bonds is 7. The zero-order valence-electron chi connectivity index (χ0n) is 11.9. The maximum Gasteiger partial charge on any atom is 0.0110 e. The number of piperazine rings is 1. The summed E-state index contributed by atoms with van der Waals surface area (Å²) in [7, 11) is 0. The van der Waals surface area contributed by atoms with Gasteiger partial charge in [0, 0.05) is 32.7 Å². The molecule has 0 bridgehead atoms. The average Bonchev–Trinajstić information content (AvgIpc) is 2.48. The molecule has 0 radical (unpaired) electrons. The van der Waals surface area contributed by atoms with E-state index in [4.69, 9.17) is 5.73 Å². The van der Waals surface area contributed by atoms with E-state index in [0.29, 0.717) is 0 Å². The van der Waals surface area contributed by atoms with E-state index in [9.17, 15) is 0 Å². The first kappa shape index (κ1) is 14.5. The predicted molar refractivity (Wildman–Crippen MR) is 81.3 cm³/mol. The lowest BCUT2D eigenvalue weighted by molar-refractivity contribution is 0.132. The summed E-state index contributed by atoms with van der Waals surface area (Å²) >= 11 is 0. The van der Waals surface area contributed by atoms with Crippen molar-refractivity contribution in [1.29, 1.82) is 0 Å². The minimum absolute atomic E-state index is 0.830. The lowest BCUT2D eigenvalue weighted by Crippen LogP contribution is -2.47. The van der Waals surface area contributed by atoms with Crippen molar-refractivity contribution in [2.45, 2.75) is 19.3 Å². The smallest absolute Gasteiger partial charge is 0.0110 e. The van der Waals surface area contributed by atoms with Gasteiger partial charge < -0.3 is 15.5 Å². The van der Waals surface area contributed by atoms with Crippen molar-refractivity contribution < 1.29 is 0 Å². The maximum absolute atomic E-state index is 5.53. The molecule has 2 rings (SSSR count). The van der Waals surface area contributed by atoms with E-state index in [1.807, 2.05) is 0 Å². The van der Waals surface area contributed by atoms with Crippen LogP contribution in [0.15, 0.2) is 30.3 Å².